The first kappa shape index (κ1) is 19.4. The fourth-order valence-corrected chi connectivity index (χ4v) is 3.31. The Morgan fingerprint density at radius 3 is 2.60 bits per heavy atom. The Morgan fingerprint density at radius 2 is 1.80 bits per heavy atom. The summed E-state index contributed by atoms with van der Waals surface area (Å²) in [6.07, 6.45) is 2.21. The van der Waals surface area contributed by atoms with Crippen molar-refractivity contribution in [2.75, 3.05) is 22.5 Å². The van der Waals surface area contributed by atoms with Crippen molar-refractivity contribution in [3.63, 3.8) is 0 Å². The molecule has 1 amide bonds. The van der Waals surface area contributed by atoms with Crippen LogP contribution >= 0.6 is 0 Å². The molecule has 7 nitrogen and oxygen atoms in total. The SMILES string of the molecule is CCNc1nc(C)cc(Nc2ccc(NC(=O)Cc3c[nH]c4ccccc34)cc2)n1. The Morgan fingerprint density at radius 1 is 1.03 bits per heavy atom. The van der Waals surface area contributed by atoms with Crippen molar-refractivity contribution < 1.29 is 4.79 Å². The zero-order valence-electron chi connectivity index (χ0n) is 17.0. The third-order valence-corrected chi connectivity index (χ3v) is 4.66. The number of aryl methyl sites for hydroxylation is 1. The number of benzene rings is 2. The molecule has 4 N–H and O–H groups in total. The van der Waals surface area contributed by atoms with Crippen molar-refractivity contribution in [3.05, 3.63) is 72.1 Å². The number of carbonyl (C=O) groups is 1. The average molecular weight is 400 g/mol. The van der Waals surface area contributed by atoms with Gasteiger partial charge in [-0.25, -0.2) is 4.98 Å². The van der Waals surface area contributed by atoms with Gasteiger partial charge in [0.05, 0.1) is 6.42 Å². The first-order valence-electron chi connectivity index (χ1n) is 9.92. The number of rotatable bonds is 7. The second-order valence-corrected chi connectivity index (χ2v) is 7.04. The quantitative estimate of drug-likeness (QED) is 0.363. The maximum Gasteiger partial charge on any atom is 0.228 e. The normalized spacial score (nSPS) is 10.7. The molecule has 0 saturated carbocycles. The van der Waals surface area contributed by atoms with Crippen molar-refractivity contribution in [1.29, 1.82) is 0 Å². The molecule has 0 spiro atoms. The molecule has 0 unspecified atom stereocenters. The summed E-state index contributed by atoms with van der Waals surface area (Å²) < 4.78 is 0. The molecule has 0 radical (unpaired) electrons. The van der Waals surface area contributed by atoms with Crippen LogP contribution in [0.3, 0.4) is 0 Å². The van der Waals surface area contributed by atoms with E-state index in [9.17, 15) is 4.79 Å². The number of H-pyrrole nitrogens is 1. The minimum atomic E-state index is -0.0535. The van der Waals surface area contributed by atoms with Crippen LogP contribution in [-0.2, 0) is 11.2 Å². The lowest BCUT2D eigenvalue weighted by molar-refractivity contribution is -0.115. The second-order valence-electron chi connectivity index (χ2n) is 7.04. The van der Waals surface area contributed by atoms with Crippen molar-refractivity contribution in [2.45, 2.75) is 20.3 Å². The molecule has 30 heavy (non-hydrogen) atoms. The van der Waals surface area contributed by atoms with Crippen LogP contribution in [0.2, 0.25) is 0 Å². The van der Waals surface area contributed by atoms with Crippen LogP contribution < -0.4 is 16.0 Å². The maximum atomic E-state index is 12.5. The van der Waals surface area contributed by atoms with Crippen LogP contribution in [0.15, 0.2) is 60.8 Å². The number of nitrogens with one attached hydrogen (secondary N) is 4. The molecule has 0 bridgehead atoms. The van der Waals surface area contributed by atoms with E-state index in [4.69, 9.17) is 0 Å². The highest BCUT2D eigenvalue weighted by Crippen LogP contribution is 2.21. The predicted octanol–water partition coefficient (Wildman–Crippen LogP) is 4.62. The summed E-state index contributed by atoms with van der Waals surface area (Å²) >= 11 is 0. The summed E-state index contributed by atoms with van der Waals surface area (Å²) in [6.45, 7) is 4.69. The van der Waals surface area contributed by atoms with E-state index in [0.29, 0.717) is 12.4 Å². The van der Waals surface area contributed by atoms with Gasteiger partial charge >= 0.3 is 0 Å². The van der Waals surface area contributed by atoms with Gasteiger partial charge in [-0.2, -0.15) is 4.98 Å². The van der Waals surface area contributed by atoms with E-state index in [-0.39, 0.29) is 5.91 Å². The molecule has 2 aromatic carbocycles. The molecule has 152 valence electrons. The molecular weight excluding hydrogens is 376 g/mol. The van der Waals surface area contributed by atoms with E-state index in [0.717, 1.165) is 45.9 Å². The highest BCUT2D eigenvalue weighted by atomic mass is 16.1. The molecule has 4 aromatic rings. The first-order valence-corrected chi connectivity index (χ1v) is 9.92. The Kier molecular flexibility index (Phi) is 5.61. The van der Waals surface area contributed by atoms with Crippen molar-refractivity contribution in [1.82, 2.24) is 15.0 Å². The third-order valence-electron chi connectivity index (χ3n) is 4.66. The van der Waals surface area contributed by atoms with Gasteiger partial charge in [-0.15, -0.1) is 0 Å². The largest absolute Gasteiger partial charge is 0.361 e. The van der Waals surface area contributed by atoms with Gasteiger partial charge in [0, 0.05) is 46.8 Å². The summed E-state index contributed by atoms with van der Waals surface area (Å²) in [7, 11) is 0. The number of carbonyl (C=O) groups excluding carboxylic acids is 1. The smallest absolute Gasteiger partial charge is 0.228 e. The van der Waals surface area contributed by atoms with Gasteiger partial charge in [0.2, 0.25) is 11.9 Å². The first-order chi connectivity index (χ1) is 14.6. The number of amides is 1. The van der Waals surface area contributed by atoms with Crippen LogP contribution in [-0.4, -0.2) is 27.4 Å². The Balaban J connectivity index is 1.39. The zero-order valence-corrected chi connectivity index (χ0v) is 17.0. The minimum absolute atomic E-state index is 0.0535. The van der Waals surface area contributed by atoms with Crippen LogP contribution in [0, 0.1) is 6.92 Å². The number of hydrogen-bond acceptors (Lipinski definition) is 5. The van der Waals surface area contributed by atoms with Gasteiger partial charge < -0.3 is 20.9 Å². The molecule has 0 saturated heterocycles. The highest BCUT2D eigenvalue weighted by molar-refractivity contribution is 5.95. The average Bonchev–Trinajstić information content (AvgIpc) is 3.12. The lowest BCUT2D eigenvalue weighted by Gasteiger charge is -2.10. The Labute approximate surface area is 175 Å². The van der Waals surface area contributed by atoms with E-state index in [1.807, 2.05) is 74.6 Å². The topological polar surface area (TPSA) is 94.7 Å². The standard InChI is InChI=1S/C23H24N6O/c1-3-24-23-26-15(2)12-21(29-23)27-17-8-10-18(11-9-17)28-22(30)13-16-14-25-20-7-5-4-6-19(16)20/h4-12,14,25H,3,13H2,1-2H3,(H,28,30)(H2,24,26,27,29). The van der Waals surface area contributed by atoms with Crippen LogP contribution in [0.5, 0.6) is 0 Å². The van der Waals surface area contributed by atoms with Crippen LogP contribution in [0.25, 0.3) is 10.9 Å². The van der Waals surface area contributed by atoms with Gasteiger partial charge in [0.25, 0.3) is 0 Å². The van der Waals surface area contributed by atoms with Gasteiger partial charge in [0.15, 0.2) is 0 Å². The lowest BCUT2D eigenvalue weighted by Crippen LogP contribution is -2.14. The molecule has 4 rings (SSSR count). The van der Waals surface area contributed by atoms with E-state index < -0.39 is 0 Å². The van der Waals surface area contributed by atoms with E-state index in [1.165, 1.54) is 0 Å². The summed E-state index contributed by atoms with van der Waals surface area (Å²) in [5.41, 5.74) is 4.53. The van der Waals surface area contributed by atoms with Crippen molar-refractivity contribution >= 4 is 40.0 Å². The number of para-hydroxylation sites is 1. The molecule has 0 fully saturated rings. The van der Waals surface area contributed by atoms with Crippen LogP contribution in [0.1, 0.15) is 18.2 Å². The summed E-state index contributed by atoms with van der Waals surface area (Å²) in [5, 5.41) is 10.4. The van der Waals surface area contributed by atoms with Gasteiger partial charge in [0.1, 0.15) is 5.82 Å². The van der Waals surface area contributed by atoms with Crippen LogP contribution in [0.4, 0.5) is 23.1 Å². The molecule has 0 aliphatic carbocycles. The molecular formula is C23H24N6O. The van der Waals surface area contributed by atoms with Gasteiger partial charge in [-0.3, -0.25) is 4.79 Å². The molecule has 0 atom stereocenters. The number of anilines is 4. The fourth-order valence-electron chi connectivity index (χ4n) is 3.31. The van der Waals surface area contributed by atoms with E-state index >= 15 is 0 Å². The van der Waals surface area contributed by atoms with Crippen molar-refractivity contribution in [3.8, 4) is 0 Å². The van der Waals surface area contributed by atoms with E-state index in [1.54, 1.807) is 0 Å². The number of aromatic amines is 1. The van der Waals surface area contributed by atoms with Gasteiger partial charge in [-0.05, 0) is 49.7 Å². The Hall–Kier alpha value is -3.87. The molecule has 2 aromatic heterocycles. The molecule has 0 aliphatic rings. The third kappa shape index (κ3) is 4.57. The second kappa shape index (κ2) is 8.65. The Bertz CT molecular complexity index is 1170. The highest BCUT2D eigenvalue weighted by Gasteiger charge is 2.09. The summed E-state index contributed by atoms with van der Waals surface area (Å²) in [5.74, 6) is 1.26. The van der Waals surface area contributed by atoms with Gasteiger partial charge in [-0.1, -0.05) is 18.2 Å². The monoisotopic (exact) mass is 400 g/mol. The maximum absolute atomic E-state index is 12.5. The summed E-state index contributed by atoms with van der Waals surface area (Å²) in [6, 6.07) is 17.4. The predicted molar refractivity (Wildman–Crippen MR) is 121 cm³/mol. The van der Waals surface area contributed by atoms with Crippen molar-refractivity contribution in [2.24, 2.45) is 0 Å². The molecule has 2 heterocycles. The fraction of sp³-hybridized carbons (Fsp3) is 0.174. The molecule has 0 aliphatic heterocycles. The van der Waals surface area contributed by atoms with E-state index in [2.05, 4.69) is 30.9 Å². The minimum Gasteiger partial charge on any atom is -0.361 e. The number of fused-ring (bicyclic) bond motifs is 1. The molecule has 7 heteroatoms. The lowest BCUT2D eigenvalue weighted by atomic mass is 10.1. The zero-order chi connectivity index (χ0) is 20.9. The number of nitrogens with zero attached hydrogens (tertiary/aromatic N) is 2. The summed E-state index contributed by atoms with van der Waals surface area (Å²) in [4.78, 5) is 24.5. The number of aromatic nitrogens is 3. The number of hydrogen-bond donors (Lipinski definition) is 4.